The van der Waals surface area contributed by atoms with Crippen LogP contribution >= 0.6 is 0 Å². The molecule has 1 fully saturated rings. The van der Waals surface area contributed by atoms with Crippen molar-refractivity contribution in [1.82, 2.24) is 14.7 Å². The van der Waals surface area contributed by atoms with E-state index >= 15 is 0 Å². The van der Waals surface area contributed by atoms with Crippen molar-refractivity contribution < 1.29 is 23.9 Å². The lowest BCUT2D eigenvalue weighted by atomic mass is 10.1. The smallest absolute Gasteiger partial charge is 0.334 e. The van der Waals surface area contributed by atoms with Crippen LogP contribution in [0.2, 0.25) is 0 Å². The van der Waals surface area contributed by atoms with Gasteiger partial charge in [0.25, 0.3) is 0 Å². The van der Waals surface area contributed by atoms with E-state index in [4.69, 9.17) is 4.74 Å². The van der Waals surface area contributed by atoms with E-state index < -0.39 is 30.3 Å². The van der Waals surface area contributed by atoms with Crippen LogP contribution in [0.3, 0.4) is 0 Å². The minimum absolute atomic E-state index is 0.183. The van der Waals surface area contributed by atoms with Gasteiger partial charge in [0.1, 0.15) is 12.3 Å². The number of amides is 5. The molecule has 3 rings (SSSR count). The number of carbonyl (C=O) groups is 4. The monoisotopic (exact) mass is 411 g/mol. The number of imide groups is 2. The fourth-order valence-corrected chi connectivity index (χ4v) is 3.32. The molecule has 0 saturated carbocycles. The van der Waals surface area contributed by atoms with Crippen LogP contribution in [0.5, 0.6) is 5.75 Å². The molecule has 1 saturated heterocycles. The molecule has 1 heterocycles. The summed E-state index contributed by atoms with van der Waals surface area (Å²) in [5, 5.41) is 2.03. The number of urea groups is 1. The van der Waals surface area contributed by atoms with Gasteiger partial charge >= 0.3 is 17.8 Å². The normalized spacial score (nSPS) is 14.0. The number of likely N-dealkylation sites (N-methyl/N-ethyl adjacent to an activating group) is 1. The molecule has 0 aromatic heterocycles. The number of methoxy groups -OCH3 is 1. The molecule has 30 heavy (non-hydrogen) atoms. The Morgan fingerprint density at radius 1 is 1.00 bits per heavy atom. The Morgan fingerprint density at radius 3 is 2.37 bits per heavy atom. The number of hydrogen-bond acceptors (Lipinski definition) is 5. The van der Waals surface area contributed by atoms with Crippen LogP contribution in [0.25, 0.3) is 10.8 Å². The van der Waals surface area contributed by atoms with Gasteiger partial charge in [-0.15, -0.1) is 0 Å². The highest BCUT2D eigenvalue weighted by Crippen LogP contribution is 2.22. The van der Waals surface area contributed by atoms with Crippen LogP contribution in [-0.2, 0) is 20.9 Å². The number of carbonyl (C=O) groups excluding carboxylic acids is 4. The van der Waals surface area contributed by atoms with Crippen molar-refractivity contribution in [2.24, 2.45) is 0 Å². The van der Waals surface area contributed by atoms with Gasteiger partial charge in [-0.25, -0.2) is 9.69 Å². The van der Waals surface area contributed by atoms with E-state index in [0.29, 0.717) is 13.0 Å². The molecule has 1 aliphatic heterocycles. The molecule has 0 bridgehead atoms. The molecule has 1 aliphatic rings. The largest absolute Gasteiger partial charge is 0.497 e. The zero-order valence-corrected chi connectivity index (χ0v) is 17.4. The lowest BCUT2D eigenvalue weighted by Gasteiger charge is -2.21. The van der Waals surface area contributed by atoms with Crippen LogP contribution < -0.4 is 4.74 Å². The molecule has 0 N–H and O–H groups in total. The third-order valence-electron chi connectivity index (χ3n) is 5.12. The summed E-state index contributed by atoms with van der Waals surface area (Å²) in [6, 6.07) is 10.8. The van der Waals surface area contributed by atoms with Crippen molar-refractivity contribution in [2.45, 2.75) is 26.3 Å². The maximum absolute atomic E-state index is 12.6. The summed E-state index contributed by atoms with van der Waals surface area (Å²) in [6.45, 7) is 1.96. The van der Waals surface area contributed by atoms with E-state index in [2.05, 4.69) is 0 Å². The fourth-order valence-electron chi connectivity index (χ4n) is 3.32. The van der Waals surface area contributed by atoms with E-state index in [1.165, 1.54) is 4.90 Å². The van der Waals surface area contributed by atoms with Crippen molar-refractivity contribution in [3.8, 4) is 5.75 Å². The van der Waals surface area contributed by atoms with Crippen molar-refractivity contribution >= 4 is 34.5 Å². The number of ether oxygens (including phenoxy) is 1. The molecule has 0 aliphatic carbocycles. The lowest BCUT2D eigenvalue weighted by molar-refractivity contribution is -0.144. The van der Waals surface area contributed by atoms with Gasteiger partial charge in [-0.1, -0.05) is 31.5 Å². The lowest BCUT2D eigenvalue weighted by Crippen LogP contribution is -2.42. The second kappa shape index (κ2) is 8.94. The van der Waals surface area contributed by atoms with Gasteiger partial charge in [-0.3, -0.25) is 19.3 Å². The highest BCUT2D eigenvalue weighted by Gasteiger charge is 2.44. The molecule has 2 aromatic rings. The molecule has 8 heteroatoms. The van der Waals surface area contributed by atoms with E-state index in [0.717, 1.165) is 38.3 Å². The first-order valence-corrected chi connectivity index (χ1v) is 9.83. The van der Waals surface area contributed by atoms with Gasteiger partial charge in [0.15, 0.2) is 0 Å². The van der Waals surface area contributed by atoms with E-state index in [9.17, 15) is 19.2 Å². The first-order valence-electron chi connectivity index (χ1n) is 9.83. The summed E-state index contributed by atoms with van der Waals surface area (Å²) in [4.78, 5) is 52.2. The highest BCUT2D eigenvalue weighted by atomic mass is 16.5. The number of nitrogens with zero attached hydrogens (tertiary/aromatic N) is 3. The number of hydrogen-bond donors (Lipinski definition) is 0. The SMILES string of the molecule is CCCCN1C(=O)C(=O)N(CC(=O)N(C)Cc2ccc3cc(OC)ccc3c2)C1=O. The van der Waals surface area contributed by atoms with E-state index in [-0.39, 0.29) is 6.54 Å². The van der Waals surface area contributed by atoms with Crippen LogP contribution in [0.15, 0.2) is 36.4 Å². The Kier molecular flexibility index (Phi) is 6.34. The van der Waals surface area contributed by atoms with Gasteiger partial charge in [0.2, 0.25) is 5.91 Å². The van der Waals surface area contributed by atoms with Gasteiger partial charge in [-0.2, -0.15) is 0 Å². The third kappa shape index (κ3) is 4.27. The summed E-state index contributed by atoms with van der Waals surface area (Å²) in [5.41, 5.74) is 0.906. The van der Waals surface area contributed by atoms with Crippen LogP contribution in [0.1, 0.15) is 25.3 Å². The quantitative estimate of drug-likeness (QED) is 0.492. The molecular formula is C22H25N3O5. The molecule has 0 atom stereocenters. The Labute approximate surface area is 175 Å². The predicted molar refractivity (Wildman–Crippen MR) is 111 cm³/mol. The Morgan fingerprint density at radius 2 is 1.67 bits per heavy atom. The summed E-state index contributed by atoms with van der Waals surface area (Å²) >= 11 is 0. The third-order valence-corrected chi connectivity index (χ3v) is 5.12. The van der Waals surface area contributed by atoms with Crippen molar-refractivity contribution in [1.29, 1.82) is 0 Å². The first kappa shape index (κ1) is 21.3. The van der Waals surface area contributed by atoms with E-state index in [1.54, 1.807) is 14.2 Å². The summed E-state index contributed by atoms with van der Waals surface area (Å²) in [7, 11) is 3.21. The Bertz CT molecular complexity index is 1000. The Balaban J connectivity index is 1.66. The average molecular weight is 411 g/mol. The molecule has 158 valence electrons. The van der Waals surface area contributed by atoms with Crippen LogP contribution in [-0.4, -0.2) is 65.7 Å². The number of benzene rings is 2. The second-order valence-electron chi connectivity index (χ2n) is 7.28. The topological polar surface area (TPSA) is 87.2 Å². The zero-order chi connectivity index (χ0) is 21.8. The Hall–Kier alpha value is -3.42. The maximum atomic E-state index is 12.6. The number of fused-ring (bicyclic) bond motifs is 1. The number of unbranched alkanes of at least 4 members (excludes halogenated alkanes) is 1. The van der Waals surface area contributed by atoms with Crippen molar-refractivity contribution in [3.05, 3.63) is 42.0 Å². The van der Waals surface area contributed by atoms with Gasteiger partial charge < -0.3 is 9.64 Å². The van der Waals surface area contributed by atoms with Crippen LogP contribution in [0.4, 0.5) is 4.79 Å². The molecule has 0 unspecified atom stereocenters. The molecule has 0 radical (unpaired) electrons. The van der Waals surface area contributed by atoms with Gasteiger partial charge in [0, 0.05) is 20.1 Å². The van der Waals surface area contributed by atoms with Crippen LogP contribution in [0, 0.1) is 0 Å². The minimum atomic E-state index is -0.947. The molecular weight excluding hydrogens is 386 g/mol. The zero-order valence-electron chi connectivity index (χ0n) is 17.4. The summed E-state index contributed by atoms with van der Waals surface area (Å²) < 4.78 is 5.23. The molecule has 0 spiro atoms. The molecule has 2 aromatic carbocycles. The van der Waals surface area contributed by atoms with E-state index in [1.807, 2.05) is 43.3 Å². The number of rotatable bonds is 8. The van der Waals surface area contributed by atoms with Crippen molar-refractivity contribution in [2.75, 3.05) is 27.2 Å². The van der Waals surface area contributed by atoms with Crippen molar-refractivity contribution in [3.63, 3.8) is 0 Å². The van der Waals surface area contributed by atoms with Gasteiger partial charge in [-0.05, 0) is 41.0 Å². The predicted octanol–water partition coefficient (Wildman–Crippen LogP) is 2.40. The first-order chi connectivity index (χ1) is 14.3. The second-order valence-corrected chi connectivity index (χ2v) is 7.28. The summed E-state index contributed by atoms with van der Waals surface area (Å²) in [5.74, 6) is -1.46. The average Bonchev–Trinajstić information content (AvgIpc) is 2.94. The molecule has 5 amide bonds. The summed E-state index contributed by atoms with van der Waals surface area (Å²) in [6.07, 6.45) is 1.39. The standard InChI is InChI=1S/C22H25N3O5/c1-4-5-10-24-20(27)21(28)25(22(24)29)14-19(26)23(2)13-15-6-7-17-12-18(30-3)9-8-16(17)11-15/h6-9,11-12H,4-5,10,13-14H2,1-3H3. The minimum Gasteiger partial charge on any atom is -0.497 e. The highest BCUT2D eigenvalue weighted by molar-refractivity contribution is 6.45. The maximum Gasteiger partial charge on any atom is 0.334 e. The van der Waals surface area contributed by atoms with Gasteiger partial charge in [0.05, 0.1) is 7.11 Å². The molecule has 8 nitrogen and oxygen atoms in total. The fraction of sp³-hybridized carbons (Fsp3) is 0.364.